The average molecular weight is 348 g/mol. The number of aryl methyl sites for hydroxylation is 2. The Labute approximate surface area is 152 Å². The number of methoxy groups -OCH3 is 1. The number of anilines is 3. The number of nitrogens with one attached hydrogen (secondary N) is 2. The lowest BCUT2D eigenvalue weighted by Crippen LogP contribution is -2.13. The summed E-state index contributed by atoms with van der Waals surface area (Å²) < 4.78 is 5.12. The summed E-state index contributed by atoms with van der Waals surface area (Å²) in [4.78, 5) is 20.7. The van der Waals surface area contributed by atoms with E-state index in [0.29, 0.717) is 11.5 Å². The van der Waals surface area contributed by atoms with Gasteiger partial charge in [0.1, 0.15) is 5.75 Å². The van der Waals surface area contributed by atoms with Gasteiger partial charge in [-0.05, 0) is 61.4 Å². The highest BCUT2D eigenvalue weighted by molar-refractivity contribution is 6.03. The van der Waals surface area contributed by atoms with Crippen molar-refractivity contribution in [3.05, 3.63) is 71.5 Å². The van der Waals surface area contributed by atoms with Crippen molar-refractivity contribution in [1.82, 2.24) is 9.97 Å². The molecule has 0 aliphatic carbocycles. The summed E-state index contributed by atoms with van der Waals surface area (Å²) in [5.41, 5.74) is 4.28. The molecule has 6 heteroatoms. The standard InChI is InChI=1S/C20H20N4O2/c1-13-4-5-17(10-14(13)2)23-19(25)15-11-21-20(22-12-15)24-16-6-8-18(26-3)9-7-16/h4-12H,1-3H3,(H,23,25)(H,21,22,24). The molecule has 0 aliphatic heterocycles. The van der Waals surface area contributed by atoms with Gasteiger partial charge in [0.05, 0.1) is 12.7 Å². The molecule has 26 heavy (non-hydrogen) atoms. The van der Waals surface area contributed by atoms with Gasteiger partial charge in [-0.15, -0.1) is 0 Å². The summed E-state index contributed by atoms with van der Waals surface area (Å²) in [6.45, 7) is 4.04. The quantitative estimate of drug-likeness (QED) is 0.726. The van der Waals surface area contributed by atoms with Crippen LogP contribution in [0.4, 0.5) is 17.3 Å². The van der Waals surface area contributed by atoms with Gasteiger partial charge in [0.25, 0.3) is 5.91 Å². The Bertz CT molecular complexity index is 906. The van der Waals surface area contributed by atoms with Crippen molar-refractivity contribution in [2.24, 2.45) is 0 Å². The van der Waals surface area contributed by atoms with Gasteiger partial charge in [-0.3, -0.25) is 4.79 Å². The van der Waals surface area contributed by atoms with Crippen LogP contribution < -0.4 is 15.4 Å². The van der Waals surface area contributed by atoms with Crippen LogP contribution in [0, 0.1) is 13.8 Å². The van der Waals surface area contributed by atoms with Crippen molar-refractivity contribution >= 4 is 23.2 Å². The highest BCUT2D eigenvalue weighted by Gasteiger charge is 2.08. The van der Waals surface area contributed by atoms with E-state index in [9.17, 15) is 4.79 Å². The Kier molecular flexibility index (Phi) is 5.12. The van der Waals surface area contributed by atoms with Crippen LogP contribution in [0.25, 0.3) is 0 Å². The number of benzene rings is 2. The number of hydrogen-bond donors (Lipinski definition) is 2. The number of carbonyl (C=O) groups is 1. The van der Waals surface area contributed by atoms with Gasteiger partial charge in [0, 0.05) is 23.8 Å². The van der Waals surface area contributed by atoms with Crippen LogP contribution in [0.5, 0.6) is 5.75 Å². The predicted octanol–water partition coefficient (Wildman–Crippen LogP) is 4.10. The summed E-state index contributed by atoms with van der Waals surface area (Å²) in [5.74, 6) is 0.942. The molecule has 0 fully saturated rings. The molecule has 0 unspecified atom stereocenters. The first-order chi connectivity index (χ1) is 12.5. The zero-order valence-electron chi connectivity index (χ0n) is 14.9. The summed E-state index contributed by atoms with van der Waals surface area (Å²) in [7, 11) is 1.62. The highest BCUT2D eigenvalue weighted by Crippen LogP contribution is 2.18. The Hall–Kier alpha value is -3.41. The van der Waals surface area contributed by atoms with Crippen molar-refractivity contribution < 1.29 is 9.53 Å². The van der Waals surface area contributed by atoms with Crippen LogP contribution in [0.1, 0.15) is 21.5 Å². The molecule has 3 aromatic rings. The minimum Gasteiger partial charge on any atom is -0.497 e. The molecule has 1 amide bonds. The second kappa shape index (κ2) is 7.65. The molecule has 1 heterocycles. The van der Waals surface area contributed by atoms with Crippen molar-refractivity contribution in [3.8, 4) is 5.75 Å². The van der Waals surface area contributed by atoms with E-state index in [1.807, 2.05) is 56.3 Å². The number of hydrogen-bond acceptors (Lipinski definition) is 5. The maximum absolute atomic E-state index is 12.3. The monoisotopic (exact) mass is 348 g/mol. The van der Waals surface area contributed by atoms with E-state index in [0.717, 1.165) is 22.7 Å². The molecule has 0 radical (unpaired) electrons. The second-order valence-corrected chi connectivity index (χ2v) is 5.90. The van der Waals surface area contributed by atoms with E-state index in [1.165, 1.54) is 18.0 Å². The first kappa shape index (κ1) is 17.4. The molecule has 0 bridgehead atoms. The van der Waals surface area contributed by atoms with Crippen LogP contribution in [-0.2, 0) is 0 Å². The lowest BCUT2D eigenvalue weighted by molar-refractivity contribution is 0.102. The van der Waals surface area contributed by atoms with Gasteiger partial charge >= 0.3 is 0 Å². The smallest absolute Gasteiger partial charge is 0.258 e. The molecule has 0 saturated carbocycles. The number of carbonyl (C=O) groups excluding carboxylic acids is 1. The third-order valence-electron chi connectivity index (χ3n) is 4.02. The Morgan fingerprint density at radius 3 is 2.19 bits per heavy atom. The summed E-state index contributed by atoms with van der Waals surface area (Å²) in [6.07, 6.45) is 2.99. The minimum atomic E-state index is -0.246. The van der Waals surface area contributed by atoms with E-state index >= 15 is 0 Å². The molecule has 0 saturated heterocycles. The first-order valence-corrected chi connectivity index (χ1v) is 8.17. The van der Waals surface area contributed by atoms with Crippen molar-refractivity contribution in [2.45, 2.75) is 13.8 Å². The minimum absolute atomic E-state index is 0.246. The Balaban J connectivity index is 1.66. The fourth-order valence-electron chi connectivity index (χ4n) is 2.34. The van der Waals surface area contributed by atoms with Crippen molar-refractivity contribution in [2.75, 3.05) is 17.7 Å². The third kappa shape index (κ3) is 4.16. The largest absolute Gasteiger partial charge is 0.497 e. The molecule has 0 atom stereocenters. The van der Waals surface area contributed by atoms with Gasteiger partial charge in [0.2, 0.25) is 5.95 Å². The fraction of sp³-hybridized carbons (Fsp3) is 0.150. The van der Waals surface area contributed by atoms with Crippen LogP contribution in [0.3, 0.4) is 0 Å². The number of nitrogens with zero attached hydrogens (tertiary/aromatic N) is 2. The molecule has 0 aliphatic rings. The van der Waals surface area contributed by atoms with Crippen molar-refractivity contribution in [3.63, 3.8) is 0 Å². The van der Waals surface area contributed by atoms with Crippen molar-refractivity contribution in [1.29, 1.82) is 0 Å². The molecular formula is C20H20N4O2. The summed E-state index contributed by atoms with van der Waals surface area (Å²) >= 11 is 0. The van der Waals surface area contributed by atoms with Crippen LogP contribution >= 0.6 is 0 Å². The number of rotatable bonds is 5. The summed E-state index contributed by atoms with van der Waals surface area (Å²) in [5, 5.41) is 5.93. The van der Waals surface area contributed by atoms with Gasteiger partial charge in [-0.25, -0.2) is 9.97 Å². The van der Waals surface area contributed by atoms with E-state index in [2.05, 4.69) is 20.6 Å². The topological polar surface area (TPSA) is 76.1 Å². The fourth-order valence-corrected chi connectivity index (χ4v) is 2.34. The predicted molar refractivity (Wildman–Crippen MR) is 102 cm³/mol. The number of aromatic nitrogens is 2. The second-order valence-electron chi connectivity index (χ2n) is 5.90. The van der Waals surface area contributed by atoms with Gasteiger partial charge < -0.3 is 15.4 Å². The van der Waals surface area contributed by atoms with E-state index in [4.69, 9.17) is 4.74 Å². The molecule has 2 N–H and O–H groups in total. The zero-order chi connectivity index (χ0) is 18.5. The average Bonchev–Trinajstić information content (AvgIpc) is 2.66. The molecule has 3 rings (SSSR count). The lowest BCUT2D eigenvalue weighted by Gasteiger charge is -2.08. The molecule has 0 spiro atoms. The van der Waals surface area contributed by atoms with Gasteiger partial charge in [-0.1, -0.05) is 6.07 Å². The maximum Gasteiger partial charge on any atom is 0.258 e. The molecule has 132 valence electrons. The number of ether oxygens (including phenoxy) is 1. The highest BCUT2D eigenvalue weighted by atomic mass is 16.5. The normalized spacial score (nSPS) is 10.3. The van der Waals surface area contributed by atoms with E-state index in [-0.39, 0.29) is 5.91 Å². The van der Waals surface area contributed by atoms with Crippen LogP contribution in [0.2, 0.25) is 0 Å². The molecule has 2 aromatic carbocycles. The lowest BCUT2D eigenvalue weighted by atomic mass is 10.1. The molecular weight excluding hydrogens is 328 g/mol. The van der Waals surface area contributed by atoms with Gasteiger partial charge in [-0.2, -0.15) is 0 Å². The van der Waals surface area contributed by atoms with Crippen LogP contribution in [-0.4, -0.2) is 23.0 Å². The SMILES string of the molecule is COc1ccc(Nc2ncc(C(=O)Nc3ccc(C)c(C)c3)cn2)cc1. The Morgan fingerprint density at radius 1 is 0.923 bits per heavy atom. The zero-order valence-corrected chi connectivity index (χ0v) is 14.9. The van der Waals surface area contributed by atoms with E-state index in [1.54, 1.807) is 7.11 Å². The van der Waals surface area contributed by atoms with Crippen LogP contribution in [0.15, 0.2) is 54.9 Å². The Morgan fingerprint density at radius 2 is 1.58 bits per heavy atom. The number of amides is 1. The maximum atomic E-state index is 12.3. The third-order valence-corrected chi connectivity index (χ3v) is 4.02. The first-order valence-electron chi connectivity index (χ1n) is 8.17. The summed E-state index contributed by atoms with van der Waals surface area (Å²) in [6, 6.07) is 13.2. The van der Waals surface area contributed by atoms with E-state index < -0.39 is 0 Å². The molecule has 1 aromatic heterocycles. The van der Waals surface area contributed by atoms with Gasteiger partial charge in [0.15, 0.2) is 0 Å². The molecule has 6 nitrogen and oxygen atoms in total.